The number of H-pyrrole nitrogens is 1. The third-order valence-electron chi connectivity index (χ3n) is 4.55. The molecule has 0 unspecified atom stereocenters. The van der Waals surface area contributed by atoms with Gasteiger partial charge in [-0.25, -0.2) is 9.37 Å². The first-order valence-corrected chi connectivity index (χ1v) is 9.32. The molecule has 0 aliphatic carbocycles. The maximum absolute atomic E-state index is 14.8. The van der Waals surface area contributed by atoms with E-state index in [4.69, 9.17) is 4.74 Å². The number of carbonyl (C=O) groups excluding carboxylic acids is 1. The minimum Gasteiger partial charge on any atom is -0.469 e. The highest BCUT2D eigenvalue weighted by Gasteiger charge is 2.11. The Morgan fingerprint density at radius 3 is 2.87 bits per heavy atom. The largest absolute Gasteiger partial charge is 0.469 e. The van der Waals surface area contributed by atoms with Crippen LogP contribution in [0.3, 0.4) is 0 Å². The highest BCUT2D eigenvalue weighted by atomic mass is 19.1. The molecular formula is C22H20FN5O2. The van der Waals surface area contributed by atoms with Gasteiger partial charge in [0.05, 0.1) is 19.2 Å². The molecule has 0 bridgehead atoms. The molecule has 30 heavy (non-hydrogen) atoms. The van der Waals surface area contributed by atoms with Crippen LogP contribution in [0.15, 0.2) is 54.7 Å². The number of halogens is 1. The number of rotatable bonds is 6. The zero-order valence-electron chi connectivity index (χ0n) is 16.5. The summed E-state index contributed by atoms with van der Waals surface area (Å²) in [6.07, 6.45) is 1.75. The Morgan fingerprint density at radius 1 is 1.17 bits per heavy atom. The van der Waals surface area contributed by atoms with E-state index >= 15 is 0 Å². The minimum absolute atomic E-state index is 0.175. The molecular weight excluding hydrogens is 385 g/mol. The molecule has 0 amide bonds. The zero-order valence-corrected chi connectivity index (χ0v) is 16.5. The van der Waals surface area contributed by atoms with Crippen LogP contribution in [-0.2, 0) is 16.0 Å². The molecule has 7 nitrogen and oxygen atoms in total. The highest BCUT2D eigenvalue weighted by molar-refractivity contribution is 5.85. The van der Waals surface area contributed by atoms with Gasteiger partial charge >= 0.3 is 5.97 Å². The number of anilines is 4. The molecule has 2 aromatic heterocycles. The molecule has 0 fully saturated rings. The molecule has 0 atom stereocenters. The van der Waals surface area contributed by atoms with Crippen molar-refractivity contribution in [2.45, 2.75) is 13.3 Å². The lowest BCUT2D eigenvalue weighted by Crippen LogP contribution is -2.05. The van der Waals surface area contributed by atoms with Crippen molar-refractivity contribution in [2.75, 3.05) is 17.7 Å². The van der Waals surface area contributed by atoms with Crippen LogP contribution < -0.4 is 10.6 Å². The number of carbonyl (C=O) groups is 1. The van der Waals surface area contributed by atoms with Gasteiger partial charge in [-0.3, -0.25) is 4.79 Å². The number of esters is 1. The van der Waals surface area contributed by atoms with E-state index in [1.54, 1.807) is 24.4 Å². The SMILES string of the molecule is COC(=O)Cc1cccc(Nc2nccc(Nc3ccc4[nH]c(C)cc4c3F)n2)c1. The fourth-order valence-electron chi connectivity index (χ4n) is 3.16. The maximum Gasteiger partial charge on any atom is 0.309 e. The highest BCUT2D eigenvalue weighted by Crippen LogP contribution is 2.27. The predicted octanol–water partition coefficient (Wildman–Crippen LogP) is 4.61. The van der Waals surface area contributed by atoms with Gasteiger partial charge in [-0.1, -0.05) is 12.1 Å². The fraction of sp³-hybridized carbons (Fsp3) is 0.136. The average Bonchev–Trinajstić information content (AvgIpc) is 3.12. The standard InChI is InChI=1S/C22H20FN5O2/c1-13-10-16-17(25-13)6-7-18(21(16)23)27-19-8-9-24-22(28-19)26-15-5-3-4-14(11-15)12-20(29)30-2/h3-11,25H,12H2,1-2H3,(H2,24,26,27,28). The average molecular weight is 405 g/mol. The first-order chi connectivity index (χ1) is 14.5. The van der Waals surface area contributed by atoms with Gasteiger partial charge in [-0.2, -0.15) is 4.98 Å². The monoisotopic (exact) mass is 405 g/mol. The van der Waals surface area contributed by atoms with Crippen molar-refractivity contribution in [1.82, 2.24) is 15.0 Å². The normalized spacial score (nSPS) is 10.8. The second-order valence-electron chi connectivity index (χ2n) is 6.81. The summed E-state index contributed by atoms with van der Waals surface area (Å²) in [6.45, 7) is 1.88. The van der Waals surface area contributed by atoms with Gasteiger partial charge in [0.2, 0.25) is 5.95 Å². The summed E-state index contributed by atoms with van der Waals surface area (Å²) in [7, 11) is 1.36. The molecule has 0 spiro atoms. The van der Waals surface area contributed by atoms with Gasteiger partial charge in [0.25, 0.3) is 0 Å². The van der Waals surface area contributed by atoms with Gasteiger partial charge in [-0.15, -0.1) is 0 Å². The number of methoxy groups -OCH3 is 1. The minimum atomic E-state index is -0.347. The quantitative estimate of drug-likeness (QED) is 0.406. The molecule has 4 aromatic rings. The number of aromatic nitrogens is 3. The third-order valence-corrected chi connectivity index (χ3v) is 4.55. The first-order valence-electron chi connectivity index (χ1n) is 9.32. The van der Waals surface area contributed by atoms with E-state index < -0.39 is 0 Å². The van der Waals surface area contributed by atoms with Gasteiger partial charge in [0.15, 0.2) is 5.82 Å². The van der Waals surface area contributed by atoms with Crippen LogP contribution in [0.4, 0.5) is 27.5 Å². The Kier molecular flexibility index (Phi) is 5.30. The van der Waals surface area contributed by atoms with E-state index in [9.17, 15) is 9.18 Å². The number of hydrogen-bond donors (Lipinski definition) is 3. The summed E-state index contributed by atoms with van der Waals surface area (Å²) >= 11 is 0. The maximum atomic E-state index is 14.8. The van der Waals surface area contributed by atoms with Crippen LogP contribution in [0.2, 0.25) is 0 Å². The van der Waals surface area contributed by atoms with E-state index in [2.05, 4.69) is 25.6 Å². The van der Waals surface area contributed by atoms with Crippen molar-refractivity contribution in [3.63, 3.8) is 0 Å². The molecule has 0 radical (unpaired) electrons. The molecule has 2 heterocycles. The summed E-state index contributed by atoms with van der Waals surface area (Å²) in [5.74, 6) is 0.129. The number of nitrogens with zero attached hydrogens (tertiary/aromatic N) is 2. The van der Waals surface area contributed by atoms with Crippen LogP contribution >= 0.6 is 0 Å². The lowest BCUT2D eigenvalue weighted by molar-refractivity contribution is -0.139. The molecule has 0 aliphatic rings. The van der Waals surface area contributed by atoms with E-state index in [1.807, 2.05) is 37.3 Å². The molecule has 0 saturated carbocycles. The number of ether oxygens (including phenoxy) is 1. The number of aromatic amines is 1. The van der Waals surface area contributed by atoms with E-state index in [0.717, 1.165) is 22.5 Å². The van der Waals surface area contributed by atoms with Gasteiger partial charge < -0.3 is 20.4 Å². The lowest BCUT2D eigenvalue weighted by Gasteiger charge is -2.10. The van der Waals surface area contributed by atoms with E-state index in [1.165, 1.54) is 7.11 Å². The molecule has 0 aliphatic heterocycles. The van der Waals surface area contributed by atoms with Crippen molar-refractivity contribution in [3.8, 4) is 0 Å². The number of benzene rings is 2. The molecule has 3 N–H and O–H groups in total. The Balaban J connectivity index is 1.53. The van der Waals surface area contributed by atoms with Gasteiger partial charge in [0.1, 0.15) is 5.82 Å². The van der Waals surface area contributed by atoms with Crippen LogP contribution in [0.25, 0.3) is 10.9 Å². The van der Waals surface area contributed by atoms with E-state index in [0.29, 0.717) is 22.8 Å². The summed E-state index contributed by atoms with van der Waals surface area (Å²) in [5.41, 5.74) is 3.49. The smallest absolute Gasteiger partial charge is 0.309 e. The van der Waals surface area contributed by atoms with Crippen LogP contribution in [0.1, 0.15) is 11.3 Å². The van der Waals surface area contributed by atoms with Crippen molar-refractivity contribution >= 4 is 40.0 Å². The Morgan fingerprint density at radius 2 is 2.03 bits per heavy atom. The van der Waals surface area contributed by atoms with Crippen LogP contribution in [0.5, 0.6) is 0 Å². The second-order valence-corrected chi connectivity index (χ2v) is 6.81. The number of nitrogens with one attached hydrogen (secondary N) is 3. The number of fused-ring (bicyclic) bond motifs is 1. The van der Waals surface area contributed by atoms with Crippen molar-refractivity contribution in [1.29, 1.82) is 0 Å². The zero-order chi connectivity index (χ0) is 21.1. The van der Waals surface area contributed by atoms with Crippen LogP contribution in [-0.4, -0.2) is 28.0 Å². The Hall–Kier alpha value is -3.94. The van der Waals surface area contributed by atoms with Crippen LogP contribution in [0, 0.1) is 12.7 Å². The lowest BCUT2D eigenvalue weighted by atomic mass is 10.1. The van der Waals surface area contributed by atoms with Crippen molar-refractivity contribution in [3.05, 3.63) is 71.8 Å². The predicted molar refractivity (Wildman–Crippen MR) is 114 cm³/mol. The third kappa shape index (κ3) is 4.22. The molecule has 0 saturated heterocycles. The van der Waals surface area contributed by atoms with Gasteiger partial charge in [0, 0.05) is 28.5 Å². The van der Waals surface area contributed by atoms with Crippen molar-refractivity contribution < 1.29 is 13.9 Å². The number of aryl methyl sites for hydroxylation is 1. The van der Waals surface area contributed by atoms with Crippen molar-refractivity contribution in [2.24, 2.45) is 0 Å². The Labute approximate surface area is 172 Å². The molecule has 152 valence electrons. The molecule has 4 rings (SSSR count). The summed E-state index contributed by atoms with van der Waals surface area (Å²) in [6, 6.07) is 14.2. The van der Waals surface area contributed by atoms with Gasteiger partial charge in [-0.05, 0) is 48.9 Å². The number of hydrogen-bond acceptors (Lipinski definition) is 6. The fourth-order valence-corrected chi connectivity index (χ4v) is 3.16. The second kappa shape index (κ2) is 8.20. The Bertz CT molecular complexity index is 1220. The summed E-state index contributed by atoms with van der Waals surface area (Å²) in [4.78, 5) is 23.2. The molecule has 2 aromatic carbocycles. The topological polar surface area (TPSA) is 91.9 Å². The first kappa shape index (κ1) is 19.4. The molecule has 8 heteroatoms. The van der Waals surface area contributed by atoms with E-state index in [-0.39, 0.29) is 18.2 Å². The summed E-state index contributed by atoms with van der Waals surface area (Å²) in [5, 5.41) is 6.62. The summed E-state index contributed by atoms with van der Waals surface area (Å²) < 4.78 is 19.5.